The topological polar surface area (TPSA) is 52.6 Å². The van der Waals surface area contributed by atoms with E-state index in [9.17, 15) is 9.90 Å². The van der Waals surface area contributed by atoms with Crippen molar-refractivity contribution < 1.29 is 9.90 Å². The summed E-state index contributed by atoms with van der Waals surface area (Å²) in [5.41, 5.74) is 0.740. The van der Waals surface area contributed by atoms with Gasteiger partial charge >= 0.3 is 0 Å². The van der Waals surface area contributed by atoms with Crippen LogP contribution in [0.15, 0.2) is 30.3 Å². The SMILES string of the molecule is O=C(CN1CC(O)(C2CC2)C1)NCCc1ccccc1. The fourth-order valence-corrected chi connectivity index (χ4v) is 2.97. The summed E-state index contributed by atoms with van der Waals surface area (Å²) < 4.78 is 0. The summed E-state index contributed by atoms with van der Waals surface area (Å²) in [6, 6.07) is 10.1. The van der Waals surface area contributed by atoms with Gasteiger partial charge in [-0.25, -0.2) is 0 Å². The first-order chi connectivity index (χ1) is 9.66. The Labute approximate surface area is 119 Å². The summed E-state index contributed by atoms with van der Waals surface area (Å²) in [6.07, 6.45) is 3.15. The molecule has 1 aromatic carbocycles. The summed E-state index contributed by atoms with van der Waals surface area (Å²) in [7, 11) is 0. The molecular formula is C16H22N2O2. The highest BCUT2D eigenvalue weighted by Crippen LogP contribution is 2.44. The fourth-order valence-electron chi connectivity index (χ4n) is 2.97. The molecule has 3 rings (SSSR count). The molecule has 1 aromatic rings. The minimum atomic E-state index is -0.496. The molecule has 2 aliphatic rings. The lowest BCUT2D eigenvalue weighted by Gasteiger charge is -2.46. The van der Waals surface area contributed by atoms with Crippen molar-refractivity contribution in [1.29, 1.82) is 0 Å². The molecule has 1 aliphatic carbocycles. The van der Waals surface area contributed by atoms with E-state index in [0.29, 0.717) is 32.1 Å². The second-order valence-corrected chi connectivity index (χ2v) is 6.11. The van der Waals surface area contributed by atoms with E-state index in [2.05, 4.69) is 17.4 Å². The molecular weight excluding hydrogens is 252 g/mol. The van der Waals surface area contributed by atoms with Crippen LogP contribution >= 0.6 is 0 Å². The number of aliphatic hydroxyl groups is 1. The molecule has 1 saturated heterocycles. The lowest BCUT2D eigenvalue weighted by atomic mass is 9.89. The first-order valence-corrected chi connectivity index (χ1v) is 7.41. The van der Waals surface area contributed by atoms with Crippen LogP contribution in [-0.4, -0.2) is 47.7 Å². The zero-order valence-electron chi connectivity index (χ0n) is 11.7. The van der Waals surface area contributed by atoms with Crippen LogP contribution in [0.25, 0.3) is 0 Å². The van der Waals surface area contributed by atoms with Gasteiger partial charge in [-0.1, -0.05) is 30.3 Å². The maximum atomic E-state index is 11.8. The average molecular weight is 274 g/mol. The molecule has 20 heavy (non-hydrogen) atoms. The van der Waals surface area contributed by atoms with Gasteiger partial charge in [-0.3, -0.25) is 9.69 Å². The highest BCUT2D eigenvalue weighted by Gasteiger charge is 2.51. The van der Waals surface area contributed by atoms with Crippen LogP contribution in [-0.2, 0) is 11.2 Å². The van der Waals surface area contributed by atoms with Gasteiger partial charge in [0.15, 0.2) is 0 Å². The molecule has 0 radical (unpaired) electrons. The van der Waals surface area contributed by atoms with Crippen LogP contribution in [0.3, 0.4) is 0 Å². The van der Waals surface area contributed by atoms with Gasteiger partial charge < -0.3 is 10.4 Å². The summed E-state index contributed by atoms with van der Waals surface area (Å²) >= 11 is 0. The van der Waals surface area contributed by atoms with Gasteiger partial charge in [0, 0.05) is 19.6 Å². The van der Waals surface area contributed by atoms with Crippen molar-refractivity contribution in [2.24, 2.45) is 5.92 Å². The van der Waals surface area contributed by atoms with Crippen LogP contribution in [0.4, 0.5) is 0 Å². The van der Waals surface area contributed by atoms with Crippen molar-refractivity contribution >= 4 is 5.91 Å². The van der Waals surface area contributed by atoms with E-state index in [-0.39, 0.29) is 5.91 Å². The quantitative estimate of drug-likeness (QED) is 0.807. The molecule has 1 aliphatic heterocycles. The Morgan fingerprint density at radius 3 is 2.65 bits per heavy atom. The Morgan fingerprint density at radius 1 is 1.30 bits per heavy atom. The number of benzene rings is 1. The van der Waals surface area contributed by atoms with Gasteiger partial charge in [0.25, 0.3) is 0 Å². The number of nitrogens with zero attached hydrogens (tertiary/aromatic N) is 1. The number of carbonyl (C=O) groups excluding carboxylic acids is 1. The molecule has 0 bridgehead atoms. The molecule has 1 heterocycles. The number of hydrogen-bond donors (Lipinski definition) is 2. The Balaban J connectivity index is 1.32. The van der Waals surface area contributed by atoms with Crippen molar-refractivity contribution in [2.75, 3.05) is 26.2 Å². The summed E-state index contributed by atoms with van der Waals surface area (Å²) in [6.45, 7) is 2.39. The number of nitrogens with one attached hydrogen (secondary N) is 1. The number of amides is 1. The Kier molecular flexibility index (Phi) is 3.76. The Bertz CT molecular complexity index is 465. The fraction of sp³-hybridized carbons (Fsp3) is 0.562. The van der Waals surface area contributed by atoms with Crippen LogP contribution in [0, 0.1) is 5.92 Å². The molecule has 2 fully saturated rings. The zero-order chi connectivity index (χ0) is 14.0. The highest BCUT2D eigenvalue weighted by molar-refractivity contribution is 5.78. The predicted molar refractivity (Wildman–Crippen MR) is 77.3 cm³/mol. The second kappa shape index (κ2) is 5.54. The van der Waals surface area contributed by atoms with Crippen LogP contribution in [0.5, 0.6) is 0 Å². The minimum absolute atomic E-state index is 0.0544. The third-order valence-corrected chi connectivity index (χ3v) is 4.28. The second-order valence-electron chi connectivity index (χ2n) is 6.11. The van der Waals surface area contributed by atoms with Crippen molar-refractivity contribution in [3.63, 3.8) is 0 Å². The summed E-state index contributed by atoms with van der Waals surface area (Å²) in [4.78, 5) is 13.8. The first kappa shape index (κ1) is 13.6. The van der Waals surface area contributed by atoms with Gasteiger partial charge in [-0.05, 0) is 30.7 Å². The monoisotopic (exact) mass is 274 g/mol. The molecule has 0 aromatic heterocycles. The van der Waals surface area contributed by atoms with Crippen molar-refractivity contribution in [3.05, 3.63) is 35.9 Å². The van der Waals surface area contributed by atoms with Crippen LogP contribution in [0.2, 0.25) is 0 Å². The smallest absolute Gasteiger partial charge is 0.234 e. The Morgan fingerprint density at radius 2 is 2.00 bits per heavy atom. The van der Waals surface area contributed by atoms with Gasteiger partial charge in [-0.2, -0.15) is 0 Å². The lowest BCUT2D eigenvalue weighted by Crippen LogP contribution is -2.64. The normalized spacial score (nSPS) is 21.2. The lowest BCUT2D eigenvalue weighted by molar-refractivity contribution is -0.136. The standard InChI is InChI=1S/C16H22N2O2/c19-15(17-9-8-13-4-2-1-3-5-13)10-18-11-16(20,12-18)14-6-7-14/h1-5,14,20H,6-12H2,(H,17,19). The molecule has 4 nitrogen and oxygen atoms in total. The molecule has 1 amide bonds. The van der Waals surface area contributed by atoms with Crippen molar-refractivity contribution in [1.82, 2.24) is 10.2 Å². The van der Waals surface area contributed by atoms with Gasteiger partial charge in [0.1, 0.15) is 0 Å². The highest BCUT2D eigenvalue weighted by atomic mass is 16.3. The largest absolute Gasteiger partial charge is 0.387 e. The summed E-state index contributed by atoms with van der Waals surface area (Å²) in [5.74, 6) is 0.540. The average Bonchev–Trinajstić information content (AvgIpc) is 3.22. The molecule has 2 N–H and O–H groups in total. The molecule has 108 valence electrons. The van der Waals surface area contributed by atoms with Gasteiger partial charge in [-0.15, -0.1) is 0 Å². The van der Waals surface area contributed by atoms with Gasteiger partial charge in [0.2, 0.25) is 5.91 Å². The van der Waals surface area contributed by atoms with E-state index in [1.54, 1.807) is 0 Å². The molecule has 0 spiro atoms. The van der Waals surface area contributed by atoms with E-state index < -0.39 is 5.60 Å². The summed E-state index contributed by atoms with van der Waals surface area (Å²) in [5, 5.41) is 13.1. The number of likely N-dealkylation sites (tertiary alicyclic amines) is 1. The minimum Gasteiger partial charge on any atom is -0.387 e. The number of rotatable bonds is 6. The third-order valence-electron chi connectivity index (χ3n) is 4.28. The third kappa shape index (κ3) is 3.19. The van der Waals surface area contributed by atoms with E-state index in [1.165, 1.54) is 5.56 Å². The van der Waals surface area contributed by atoms with E-state index >= 15 is 0 Å². The van der Waals surface area contributed by atoms with Crippen LogP contribution in [0.1, 0.15) is 18.4 Å². The number of hydrogen-bond acceptors (Lipinski definition) is 3. The number of carbonyl (C=O) groups is 1. The predicted octanol–water partition coefficient (Wildman–Crippen LogP) is 0.802. The molecule has 1 saturated carbocycles. The van der Waals surface area contributed by atoms with Gasteiger partial charge in [0.05, 0.1) is 12.1 Å². The molecule has 0 unspecified atom stereocenters. The van der Waals surface area contributed by atoms with E-state index in [4.69, 9.17) is 0 Å². The van der Waals surface area contributed by atoms with E-state index in [0.717, 1.165) is 19.3 Å². The molecule has 0 atom stereocenters. The zero-order valence-corrected chi connectivity index (χ0v) is 11.7. The van der Waals surface area contributed by atoms with Crippen molar-refractivity contribution in [3.8, 4) is 0 Å². The first-order valence-electron chi connectivity index (χ1n) is 7.41. The van der Waals surface area contributed by atoms with Crippen LogP contribution < -0.4 is 5.32 Å². The maximum Gasteiger partial charge on any atom is 0.234 e. The number of β-amino-alcohol motifs (C(OH)–C–C–N with tert-alkyl or cyclic N) is 1. The maximum absolute atomic E-state index is 11.8. The Hall–Kier alpha value is -1.39. The van der Waals surface area contributed by atoms with E-state index in [1.807, 2.05) is 23.1 Å². The molecule has 4 heteroatoms. The van der Waals surface area contributed by atoms with Crippen molar-refractivity contribution in [2.45, 2.75) is 24.9 Å².